The van der Waals surface area contributed by atoms with E-state index in [0.717, 1.165) is 10.4 Å². The Morgan fingerprint density at radius 1 is 1.11 bits per heavy atom. The smallest absolute Gasteiger partial charge is 0.325 e. The van der Waals surface area contributed by atoms with Crippen molar-refractivity contribution in [2.45, 2.75) is 13.3 Å². The van der Waals surface area contributed by atoms with Crippen molar-refractivity contribution < 1.29 is 0 Å². The summed E-state index contributed by atoms with van der Waals surface area (Å²) in [5.41, 5.74) is 0.224. The fourth-order valence-electron chi connectivity index (χ4n) is 1.97. The number of aromatic nitrogens is 4. The van der Waals surface area contributed by atoms with Gasteiger partial charge in [-0.15, -0.1) is 0 Å². The van der Waals surface area contributed by atoms with E-state index in [1.54, 1.807) is 18.7 Å². The Morgan fingerprint density at radius 2 is 1.78 bits per heavy atom. The standard InChI is InChI=1S/C12H16N4O2/c1-5-6-7-8-13-10-9(14(8)2)11(17)16(4)12(18)15(10)3/h5-6H,7H2,1-4H3/b6-5+. The van der Waals surface area contributed by atoms with Gasteiger partial charge in [-0.1, -0.05) is 12.2 Å². The highest BCUT2D eigenvalue weighted by Crippen LogP contribution is 2.09. The quantitative estimate of drug-likeness (QED) is 0.708. The van der Waals surface area contributed by atoms with E-state index >= 15 is 0 Å². The first kappa shape index (κ1) is 12.3. The predicted octanol–water partition coefficient (Wildman–Crippen LogP) is 0.0893. The van der Waals surface area contributed by atoms with Crippen LogP contribution in [0.3, 0.4) is 0 Å². The molecule has 0 aliphatic heterocycles. The minimum atomic E-state index is -0.358. The molecular weight excluding hydrogens is 232 g/mol. The maximum Gasteiger partial charge on any atom is 0.332 e. The molecule has 6 heteroatoms. The third-order valence-electron chi connectivity index (χ3n) is 3.10. The van der Waals surface area contributed by atoms with E-state index < -0.39 is 0 Å². The van der Waals surface area contributed by atoms with Crippen LogP contribution < -0.4 is 11.2 Å². The van der Waals surface area contributed by atoms with E-state index in [4.69, 9.17) is 0 Å². The summed E-state index contributed by atoms with van der Waals surface area (Å²) in [4.78, 5) is 28.3. The van der Waals surface area contributed by atoms with Gasteiger partial charge in [-0.05, 0) is 6.92 Å². The van der Waals surface area contributed by atoms with Crippen molar-refractivity contribution in [3.63, 3.8) is 0 Å². The minimum Gasteiger partial charge on any atom is -0.325 e. The predicted molar refractivity (Wildman–Crippen MR) is 69.7 cm³/mol. The van der Waals surface area contributed by atoms with Crippen LogP contribution in [0.5, 0.6) is 0 Å². The van der Waals surface area contributed by atoms with Gasteiger partial charge in [-0.2, -0.15) is 0 Å². The summed E-state index contributed by atoms with van der Waals surface area (Å²) >= 11 is 0. The molecule has 0 saturated carbocycles. The number of hydrogen-bond acceptors (Lipinski definition) is 3. The minimum absolute atomic E-state index is 0.310. The van der Waals surface area contributed by atoms with Crippen molar-refractivity contribution in [1.29, 1.82) is 0 Å². The fraction of sp³-hybridized carbons (Fsp3) is 0.417. The van der Waals surface area contributed by atoms with Crippen molar-refractivity contribution in [2.24, 2.45) is 21.1 Å². The van der Waals surface area contributed by atoms with E-state index in [2.05, 4.69) is 4.98 Å². The van der Waals surface area contributed by atoms with E-state index in [9.17, 15) is 9.59 Å². The number of nitrogens with zero attached hydrogens (tertiary/aromatic N) is 4. The van der Waals surface area contributed by atoms with Gasteiger partial charge in [0.1, 0.15) is 5.82 Å². The summed E-state index contributed by atoms with van der Waals surface area (Å²) < 4.78 is 4.25. The topological polar surface area (TPSA) is 61.8 Å². The normalized spacial score (nSPS) is 11.8. The zero-order valence-corrected chi connectivity index (χ0v) is 11.0. The molecule has 96 valence electrons. The second kappa shape index (κ2) is 4.29. The number of rotatable bonds is 2. The van der Waals surface area contributed by atoms with Gasteiger partial charge in [0, 0.05) is 27.6 Å². The molecule has 0 radical (unpaired) electrons. The molecule has 0 bridgehead atoms. The lowest BCUT2D eigenvalue weighted by molar-refractivity contribution is 0.705. The van der Waals surface area contributed by atoms with Gasteiger partial charge in [0.2, 0.25) is 0 Å². The van der Waals surface area contributed by atoms with Crippen molar-refractivity contribution in [1.82, 2.24) is 18.7 Å². The number of allylic oxidation sites excluding steroid dienone is 2. The average molecular weight is 248 g/mol. The van der Waals surface area contributed by atoms with Crippen molar-refractivity contribution in [3.8, 4) is 0 Å². The highest BCUT2D eigenvalue weighted by Gasteiger charge is 2.15. The molecule has 0 unspecified atom stereocenters. The molecule has 0 aliphatic carbocycles. The lowest BCUT2D eigenvalue weighted by Gasteiger charge is -2.03. The van der Waals surface area contributed by atoms with Crippen LogP contribution in [0.4, 0.5) is 0 Å². The molecule has 2 heterocycles. The number of imidazole rings is 1. The van der Waals surface area contributed by atoms with Crippen LogP contribution >= 0.6 is 0 Å². The summed E-state index contributed by atoms with van der Waals surface area (Å²) in [6, 6.07) is 0. The Labute approximate surface area is 104 Å². The third kappa shape index (κ3) is 1.61. The van der Waals surface area contributed by atoms with Gasteiger partial charge < -0.3 is 4.57 Å². The fourth-order valence-corrected chi connectivity index (χ4v) is 1.97. The van der Waals surface area contributed by atoms with Crippen LogP contribution in [0.2, 0.25) is 0 Å². The molecule has 0 saturated heterocycles. The third-order valence-corrected chi connectivity index (χ3v) is 3.10. The Hall–Kier alpha value is -2.11. The first-order valence-corrected chi connectivity index (χ1v) is 5.71. The largest absolute Gasteiger partial charge is 0.332 e. The van der Waals surface area contributed by atoms with Crippen molar-refractivity contribution >= 4 is 11.2 Å². The molecule has 0 atom stereocenters. The van der Waals surface area contributed by atoms with E-state index in [1.807, 2.05) is 19.1 Å². The molecule has 2 aromatic heterocycles. The van der Waals surface area contributed by atoms with Gasteiger partial charge in [-0.25, -0.2) is 9.78 Å². The molecule has 2 aromatic rings. The van der Waals surface area contributed by atoms with Crippen LogP contribution in [-0.4, -0.2) is 18.7 Å². The molecule has 6 nitrogen and oxygen atoms in total. The molecule has 2 rings (SSSR count). The molecule has 0 N–H and O–H groups in total. The lowest BCUT2D eigenvalue weighted by Crippen LogP contribution is -2.37. The first-order chi connectivity index (χ1) is 8.49. The van der Waals surface area contributed by atoms with E-state index in [1.165, 1.54) is 11.6 Å². The molecule has 0 aromatic carbocycles. The summed E-state index contributed by atoms with van der Waals surface area (Å²) in [5, 5.41) is 0. The number of hydrogen-bond donors (Lipinski definition) is 0. The van der Waals surface area contributed by atoms with Crippen LogP contribution in [0.1, 0.15) is 12.7 Å². The highest BCUT2D eigenvalue weighted by molar-refractivity contribution is 5.70. The second-order valence-electron chi connectivity index (χ2n) is 4.24. The Kier molecular flexibility index (Phi) is 2.94. The maximum atomic E-state index is 12.1. The molecule has 0 spiro atoms. The monoisotopic (exact) mass is 248 g/mol. The van der Waals surface area contributed by atoms with Crippen LogP contribution in [0.25, 0.3) is 11.2 Å². The van der Waals surface area contributed by atoms with Crippen LogP contribution in [-0.2, 0) is 27.6 Å². The number of aryl methyl sites for hydroxylation is 2. The van der Waals surface area contributed by atoms with Gasteiger partial charge in [0.05, 0.1) is 0 Å². The summed E-state index contributed by atoms with van der Waals surface area (Å²) in [6.07, 6.45) is 4.53. The van der Waals surface area contributed by atoms with Gasteiger partial charge in [0.15, 0.2) is 11.2 Å². The summed E-state index contributed by atoms with van der Waals surface area (Å²) in [5.74, 6) is 0.765. The number of fused-ring (bicyclic) bond motifs is 1. The first-order valence-electron chi connectivity index (χ1n) is 5.71. The average Bonchev–Trinajstić information content (AvgIpc) is 2.69. The molecule has 0 fully saturated rings. The van der Waals surface area contributed by atoms with Gasteiger partial charge in [0.25, 0.3) is 5.56 Å². The SMILES string of the molecule is C/C=C/Cc1nc2c(c(=O)n(C)c(=O)n2C)n1C. The molecule has 18 heavy (non-hydrogen) atoms. The Bertz CT molecular complexity index is 746. The van der Waals surface area contributed by atoms with Gasteiger partial charge >= 0.3 is 5.69 Å². The van der Waals surface area contributed by atoms with Crippen LogP contribution in [0.15, 0.2) is 21.7 Å². The van der Waals surface area contributed by atoms with Crippen molar-refractivity contribution in [2.75, 3.05) is 0 Å². The van der Waals surface area contributed by atoms with Gasteiger partial charge in [-0.3, -0.25) is 13.9 Å². The molecular formula is C12H16N4O2. The molecule has 0 aliphatic rings. The lowest BCUT2D eigenvalue weighted by atomic mass is 10.3. The zero-order valence-electron chi connectivity index (χ0n) is 11.0. The zero-order chi connectivity index (χ0) is 13.4. The van der Waals surface area contributed by atoms with Crippen molar-refractivity contribution in [3.05, 3.63) is 38.8 Å². The second-order valence-corrected chi connectivity index (χ2v) is 4.24. The summed E-state index contributed by atoms with van der Waals surface area (Å²) in [6.45, 7) is 1.93. The Morgan fingerprint density at radius 3 is 2.39 bits per heavy atom. The summed E-state index contributed by atoms with van der Waals surface area (Å²) in [7, 11) is 4.89. The maximum absolute atomic E-state index is 12.1. The molecule has 0 amide bonds. The highest BCUT2D eigenvalue weighted by atomic mass is 16.2. The Balaban J connectivity index is 2.89. The van der Waals surface area contributed by atoms with E-state index in [0.29, 0.717) is 17.6 Å². The van der Waals surface area contributed by atoms with E-state index in [-0.39, 0.29) is 11.2 Å². The van der Waals surface area contributed by atoms with Crippen LogP contribution in [0, 0.1) is 0 Å².